The van der Waals surface area contributed by atoms with E-state index in [1.165, 1.54) is 0 Å². The average molecular weight is 1530 g/mol. The van der Waals surface area contributed by atoms with E-state index in [1.807, 2.05) is 97.1 Å². The molecule has 0 unspecified atom stereocenters. The van der Waals surface area contributed by atoms with Crippen molar-refractivity contribution in [2.45, 2.75) is 99.8 Å². The van der Waals surface area contributed by atoms with E-state index in [4.69, 9.17) is 31.8 Å². The Morgan fingerprint density at radius 1 is 0.327 bits per heavy atom. The summed E-state index contributed by atoms with van der Waals surface area (Å²) in [6.07, 6.45) is -3.86. The lowest BCUT2D eigenvalue weighted by atomic mass is 9.98. The standard InChI is InChI=1S/C70H89N19O21/c71-67(72)76-25-11-22-49(86-57(94)33-83-69(107)109-36-46-42-17-5-1-13-38(42)39-14-2-6-18-43(39)46)62(102)79-31-55(92)88-51(27-59(96)97)65(105)78-29-53(90)75-24-10-9-21-48(64(104)82-35-61(100)101)85-54(91)30-81-66(106)52(28-60(98)99)89-56(93)32-80-63(103)50(23-12-26-77-68(73)74)87-58(95)34-84-70(108)110-37-47-44-19-7-3-15-40(44)41-16-4-8-20-45(41)47/h1-8,13-20,46-52H,9-12,21-37H2,(H,75,90)(H,78,105)(H,79,102)(H,80,103)(H,81,106)(H,82,104)(H,83,107)(H,84,108)(H,85,91)(H,86,94)(H,87,95)(H,88,92)(H,89,93)(H,96,97)(H,98,99)(H,100,101)(H4,71,72,76)(H4,73,74,77)/t48-,49-,50-,51-,52-/m0/s1. The smallest absolute Gasteiger partial charge is 0.407 e. The molecule has 40 heteroatoms. The Labute approximate surface area is 628 Å². The van der Waals surface area contributed by atoms with Crippen molar-refractivity contribution in [3.63, 3.8) is 0 Å². The Hall–Kier alpha value is -13.5. The van der Waals surface area contributed by atoms with Crippen molar-refractivity contribution in [2.24, 2.45) is 11.5 Å². The van der Waals surface area contributed by atoms with E-state index < -0.39 is 184 Å². The second-order valence-electron chi connectivity index (χ2n) is 24.9. The Kier molecular flexibility index (Phi) is 34.1. The van der Waals surface area contributed by atoms with Crippen LogP contribution in [0.3, 0.4) is 0 Å². The summed E-state index contributed by atoms with van der Waals surface area (Å²) in [5, 5.41) is 77.8. The minimum atomic E-state index is -1.87. The van der Waals surface area contributed by atoms with E-state index >= 15 is 0 Å². The molecule has 0 aliphatic heterocycles. The Bertz CT molecular complexity index is 3970. The molecule has 0 radical (unpaired) electrons. The number of hydrogen-bond donors (Lipinski definition) is 22. The number of fused-ring (bicyclic) bond motifs is 6. The minimum absolute atomic E-state index is 0.0348. The van der Waals surface area contributed by atoms with E-state index in [-0.39, 0.29) is 102 Å². The molecule has 0 aromatic heterocycles. The van der Waals surface area contributed by atoms with Crippen LogP contribution in [-0.2, 0) is 76.6 Å². The number of guanidine groups is 2. The number of benzene rings is 4. The molecule has 24 N–H and O–H groups in total. The van der Waals surface area contributed by atoms with Crippen LogP contribution < -0.4 is 91.2 Å². The molecular weight excluding hydrogens is 1440 g/mol. The van der Waals surface area contributed by atoms with Gasteiger partial charge in [-0.1, -0.05) is 97.1 Å². The lowest BCUT2D eigenvalue weighted by Crippen LogP contribution is -2.54. The highest BCUT2D eigenvalue weighted by atomic mass is 16.6. The number of unbranched alkanes of at least 4 members (excludes halogenated alkanes) is 1. The van der Waals surface area contributed by atoms with Gasteiger partial charge in [0.15, 0.2) is 11.9 Å². The summed E-state index contributed by atoms with van der Waals surface area (Å²) in [5.41, 5.74) is 18.5. The first-order valence-corrected chi connectivity index (χ1v) is 34.7. The highest BCUT2D eigenvalue weighted by Gasteiger charge is 2.33. The molecule has 590 valence electrons. The summed E-state index contributed by atoms with van der Waals surface area (Å²) >= 11 is 0. The monoisotopic (exact) mass is 1530 g/mol. The summed E-state index contributed by atoms with van der Waals surface area (Å²) in [4.78, 5) is 205. The molecule has 0 saturated heterocycles. The maximum atomic E-state index is 13.4. The van der Waals surface area contributed by atoms with Crippen LogP contribution in [0.15, 0.2) is 97.1 Å². The lowest BCUT2D eigenvalue weighted by molar-refractivity contribution is -0.141. The maximum absolute atomic E-state index is 13.4. The van der Waals surface area contributed by atoms with Crippen LogP contribution in [0.25, 0.3) is 22.3 Å². The van der Waals surface area contributed by atoms with Gasteiger partial charge in [-0.25, -0.2) is 9.59 Å². The Morgan fingerprint density at radius 3 is 0.918 bits per heavy atom. The van der Waals surface area contributed by atoms with Crippen molar-refractivity contribution in [3.05, 3.63) is 119 Å². The van der Waals surface area contributed by atoms with Crippen LogP contribution in [0, 0.1) is 10.8 Å². The number of hydrogen-bond acceptors (Lipinski definition) is 20. The predicted molar refractivity (Wildman–Crippen MR) is 388 cm³/mol. The van der Waals surface area contributed by atoms with Crippen molar-refractivity contribution in [2.75, 3.05) is 78.7 Å². The molecule has 40 nitrogen and oxygen atoms in total. The van der Waals surface area contributed by atoms with Crippen LogP contribution in [0.4, 0.5) is 9.59 Å². The van der Waals surface area contributed by atoms with Gasteiger partial charge in [-0.3, -0.25) is 77.9 Å². The lowest BCUT2D eigenvalue weighted by Gasteiger charge is -2.21. The van der Waals surface area contributed by atoms with Gasteiger partial charge in [0.05, 0.1) is 39.0 Å². The number of aliphatic carboxylic acids is 3. The summed E-state index contributed by atoms with van der Waals surface area (Å²) in [6.45, 7) is -5.63. The topological polar surface area (TPSA) is 632 Å². The van der Waals surface area contributed by atoms with Crippen LogP contribution >= 0.6 is 0 Å². The van der Waals surface area contributed by atoms with Gasteiger partial charge in [0.1, 0.15) is 63.1 Å². The molecule has 0 spiro atoms. The Morgan fingerprint density at radius 2 is 0.600 bits per heavy atom. The molecule has 2 aliphatic carbocycles. The summed E-state index contributed by atoms with van der Waals surface area (Å²) in [6, 6.07) is 22.8. The third-order valence-corrected chi connectivity index (χ3v) is 16.8. The number of rotatable bonds is 45. The number of carboxylic acid groups (broad SMARTS) is 3. The summed E-state index contributed by atoms with van der Waals surface area (Å²) in [7, 11) is 0. The second-order valence-corrected chi connectivity index (χ2v) is 24.9. The quantitative estimate of drug-likeness (QED) is 0.0114. The third-order valence-electron chi connectivity index (χ3n) is 16.8. The van der Waals surface area contributed by atoms with E-state index in [0.29, 0.717) is 0 Å². The highest BCUT2D eigenvalue weighted by molar-refractivity contribution is 5.98. The second kappa shape index (κ2) is 43.9. The fourth-order valence-corrected chi connectivity index (χ4v) is 11.7. The third kappa shape index (κ3) is 28.8. The zero-order valence-corrected chi connectivity index (χ0v) is 59.5. The summed E-state index contributed by atoms with van der Waals surface area (Å²) < 4.78 is 10.9. The van der Waals surface area contributed by atoms with Gasteiger partial charge < -0.3 is 116 Å². The number of ether oxygens (including phenoxy) is 2. The molecule has 0 saturated carbocycles. The number of carbonyl (C=O) groups is 16. The largest absolute Gasteiger partial charge is 0.481 e. The van der Waals surface area contributed by atoms with Crippen molar-refractivity contribution >= 4 is 107 Å². The van der Waals surface area contributed by atoms with Gasteiger partial charge in [-0.05, 0) is 89.5 Å². The van der Waals surface area contributed by atoms with Crippen molar-refractivity contribution < 1.29 is 102 Å². The van der Waals surface area contributed by atoms with E-state index in [1.54, 1.807) is 0 Å². The number of alkyl carbamates (subject to hydrolysis) is 2. The van der Waals surface area contributed by atoms with Crippen LogP contribution in [-0.4, -0.2) is 231 Å². The number of amides is 13. The predicted octanol–water partition coefficient (Wildman–Crippen LogP) is -4.08. The fourth-order valence-electron chi connectivity index (χ4n) is 11.7. The first-order chi connectivity index (χ1) is 52.6. The fraction of sp³-hybridized carbons (Fsp3) is 0.400. The van der Waals surface area contributed by atoms with Gasteiger partial charge >= 0.3 is 30.1 Å². The van der Waals surface area contributed by atoms with Crippen molar-refractivity contribution in [1.82, 2.24) is 79.8 Å². The van der Waals surface area contributed by atoms with E-state index in [0.717, 1.165) is 44.5 Å². The molecule has 0 bridgehead atoms. The molecule has 4 aromatic carbocycles. The molecular formula is C70H89N19O21. The average Bonchev–Trinajstić information content (AvgIpc) is 1.62. The van der Waals surface area contributed by atoms with Gasteiger partial charge in [-0.2, -0.15) is 0 Å². The minimum Gasteiger partial charge on any atom is -0.481 e. The SMILES string of the molecule is N=C(N)NCCC[C@H](NC(=O)CNC(=O)OCC1c2ccccc2-c2ccccc21)C(=O)NCC(=O)N[C@@H](CC(=O)O)C(=O)NCC(=O)NCCCC[C@H](NC(=O)CNC(=O)[C@H](CC(=O)O)NC(=O)CNC(=O)[C@H](CCCNC(=N)N)NC(=O)CNC(=O)OCC1c2ccccc2-c2ccccc21)C(=O)NCC(=O)O. The molecule has 110 heavy (non-hydrogen) atoms. The molecule has 0 fully saturated rings. The van der Waals surface area contributed by atoms with Crippen molar-refractivity contribution in [3.8, 4) is 22.3 Å². The van der Waals surface area contributed by atoms with E-state index in [9.17, 15) is 92.0 Å². The first kappa shape index (κ1) is 85.5. The van der Waals surface area contributed by atoms with Gasteiger partial charge in [0.2, 0.25) is 65.0 Å². The van der Waals surface area contributed by atoms with Crippen LogP contribution in [0.1, 0.15) is 91.9 Å². The van der Waals surface area contributed by atoms with Crippen molar-refractivity contribution in [1.29, 1.82) is 10.8 Å². The molecule has 5 atom stereocenters. The molecule has 0 heterocycles. The molecule has 4 aromatic rings. The summed E-state index contributed by atoms with van der Waals surface area (Å²) in [5.74, 6) is -16.8. The highest BCUT2D eigenvalue weighted by Crippen LogP contribution is 2.45. The van der Waals surface area contributed by atoms with Crippen LogP contribution in [0.2, 0.25) is 0 Å². The Balaban J connectivity index is 0.905. The molecule has 2 aliphatic rings. The number of carbonyl (C=O) groups excluding carboxylic acids is 13. The number of nitrogens with two attached hydrogens (primary N) is 2. The van der Waals surface area contributed by atoms with Gasteiger partial charge in [0.25, 0.3) is 0 Å². The normalized spacial score (nSPS) is 12.8. The molecule has 13 amide bonds. The molecule has 6 rings (SSSR count). The zero-order valence-electron chi connectivity index (χ0n) is 59.5. The van der Waals surface area contributed by atoms with E-state index in [2.05, 4.69) is 79.8 Å². The number of nitrogens with one attached hydrogen (secondary N) is 17. The van der Waals surface area contributed by atoms with Gasteiger partial charge in [0, 0.05) is 31.5 Å². The van der Waals surface area contributed by atoms with Crippen LogP contribution in [0.5, 0.6) is 0 Å². The number of carboxylic acids is 3. The first-order valence-electron chi connectivity index (χ1n) is 34.7. The van der Waals surface area contributed by atoms with Gasteiger partial charge in [-0.15, -0.1) is 0 Å². The maximum Gasteiger partial charge on any atom is 0.407 e. The zero-order chi connectivity index (χ0) is 80.2.